The van der Waals surface area contributed by atoms with Crippen LogP contribution in [-0.4, -0.2) is 43.7 Å². The Morgan fingerprint density at radius 1 is 1.19 bits per heavy atom. The molecule has 6 nitrogen and oxygen atoms in total. The first-order valence-corrected chi connectivity index (χ1v) is 7.83. The van der Waals surface area contributed by atoms with E-state index in [4.69, 9.17) is 30.5 Å². The minimum absolute atomic E-state index is 0.185. The highest BCUT2D eigenvalue weighted by molar-refractivity contribution is 7.16. The average Bonchev–Trinajstić information content (AvgIpc) is 2.86. The van der Waals surface area contributed by atoms with E-state index in [1.54, 1.807) is 13.8 Å². The van der Waals surface area contributed by atoms with Crippen LogP contribution in [0, 0.1) is 0 Å². The predicted molar refractivity (Wildman–Crippen MR) is 76.9 cm³/mol. The summed E-state index contributed by atoms with van der Waals surface area (Å²) in [7, 11) is 0. The van der Waals surface area contributed by atoms with Gasteiger partial charge >= 0.3 is 11.9 Å². The molecule has 0 aromatic carbocycles. The van der Waals surface area contributed by atoms with Crippen molar-refractivity contribution in [3.05, 3.63) is 9.75 Å². The molecule has 0 fully saturated rings. The van der Waals surface area contributed by atoms with Crippen molar-refractivity contribution >= 4 is 34.9 Å². The number of carbonyl (C=O) groups excluding carboxylic acids is 2. The summed E-state index contributed by atoms with van der Waals surface area (Å²) in [5.41, 5.74) is 0. The molecule has 1 aliphatic rings. The Labute approximate surface area is 130 Å². The lowest BCUT2D eigenvalue weighted by Crippen LogP contribution is -2.31. The highest BCUT2D eigenvalue weighted by Gasteiger charge is 2.35. The van der Waals surface area contributed by atoms with Crippen molar-refractivity contribution < 1.29 is 28.5 Å². The number of halogens is 1. The van der Waals surface area contributed by atoms with Crippen molar-refractivity contribution in [2.45, 2.75) is 20.0 Å². The molecule has 2 heterocycles. The maximum atomic E-state index is 12.0. The summed E-state index contributed by atoms with van der Waals surface area (Å²) < 4.78 is 21.1. The van der Waals surface area contributed by atoms with Gasteiger partial charge in [-0.15, -0.1) is 22.9 Å². The summed E-state index contributed by atoms with van der Waals surface area (Å²) in [5, 5.41) is 0. The summed E-state index contributed by atoms with van der Waals surface area (Å²) in [6.45, 7) is 4.06. The third-order valence-corrected chi connectivity index (χ3v) is 4.07. The summed E-state index contributed by atoms with van der Waals surface area (Å²) in [4.78, 5) is 24.3. The molecule has 1 aliphatic heterocycles. The zero-order valence-electron chi connectivity index (χ0n) is 11.6. The molecule has 116 valence electrons. The van der Waals surface area contributed by atoms with Gasteiger partial charge in [0, 0.05) is 0 Å². The summed E-state index contributed by atoms with van der Waals surface area (Å²) >= 11 is 6.69. The van der Waals surface area contributed by atoms with E-state index in [-0.39, 0.29) is 53.1 Å². The lowest BCUT2D eigenvalue weighted by Gasteiger charge is -2.23. The van der Waals surface area contributed by atoms with Gasteiger partial charge in [-0.1, -0.05) is 0 Å². The van der Waals surface area contributed by atoms with Crippen molar-refractivity contribution in [1.29, 1.82) is 0 Å². The van der Waals surface area contributed by atoms with E-state index in [0.29, 0.717) is 0 Å². The molecule has 0 aliphatic carbocycles. The predicted octanol–water partition coefficient (Wildman–Crippen LogP) is 2.48. The molecule has 21 heavy (non-hydrogen) atoms. The number of rotatable bonds is 5. The van der Waals surface area contributed by atoms with Crippen LogP contribution in [0.15, 0.2) is 0 Å². The molecule has 0 saturated heterocycles. The van der Waals surface area contributed by atoms with Crippen LogP contribution in [0.25, 0.3) is 0 Å². The fourth-order valence-electron chi connectivity index (χ4n) is 1.75. The molecule has 0 spiro atoms. The van der Waals surface area contributed by atoms with E-state index in [1.807, 2.05) is 0 Å². The second-order valence-electron chi connectivity index (χ2n) is 4.06. The number of hydrogen-bond acceptors (Lipinski definition) is 7. The Morgan fingerprint density at radius 3 is 2.29 bits per heavy atom. The SMILES string of the molecule is CCOC(=O)c1sc(C(=O)OCC)c2c1OCC(CCl)O2. The molecule has 2 rings (SSSR count). The largest absolute Gasteiger partial charge is 0.484 e. The van der Waals surface area contributed by atoms with Crippen LogP contribution < -0.4 is 9.47 Å². The summed E-state index contributed by atoms with van der Waals surface area (Å²) in [5.74, 6) is -0.469. The van der Waals surface area contributed by atoms with Gasteiger partial charge in [-0.3, -0.25) is 0 Å². The van der Waals surface area contributed by atoms with E-state index in [2.05, 4.69) is 0 Å². The molecule has 0 amide bonds. The minimum atomic E-state index is -0.562. The normalized spacial score (nSPS) is 16.4. The molecule has 1 unspecified atom stereocenters. The maximum Gasteiger partial charge on any atom is 0.352 e. The minimum Gasteiger partial charge on any atom is -0.484 e. The number of carbonyl (C=O) groups is 2. The molecule has 0 bridgehead atoms. The molecule has 1 aromatic rings. The fraction of sp³-hybridized carbons (Fsp3) is 0.538. The van der Waals surface area contributed by atoms with Gasteiger partial charge in [0.15, 0.2) is 21.3 Å². The van der Waals surface area contributed by atoms with Crippen LogP contribution in [0.1, 0.15) is 33.2 Å². The topological polar surface area (TPSA) is 71.1 Å². The van der Waals surface area contributed by atoms with Gasteiger partial charge in [0.1, 0.15) is 12.7 Å². The first-order chi connectivity index (χ1) is 10.1. The molecule has 0 saturated carbocycles. The number of hydrogen-bond donors (Lipinski definition) is 0. The molecular formula is C13H15ClO6S. The Balaban J connectivity index is 2.41. The highest BCUT2D eigenvalue weighted by Crippen LogP contribution is 2.45. The number of fused-ring (bicyclic) bond motifs is 1. The number of ether oxygens (including phenoxy) is 4. The third-order valence-electron chi connectivity index (χ3n) is 2.61. The first-order valence-electron chi connectivity index (χ1n) is 6.48. The number of esters is 2. The van der Waals surface area contributed by atoms with Crippen molar-refractivity contribution in [3.63, 3.8) is 0 Å². The van der Waals surface area contributed by atoms with Gasteiger partial charge in [-0.25, -0.2) is 9.59 Å². The van der Waals surface area contributed by atoms with Crippen LogP contribution in [0.5, 0.6) is 11.5 Å². The number of thiophene rings is 1. The van der Waals surface area contributed by atoms with E-state index < -0.39 is 11.9 Å². The van der Waals surface area contributed by atoms with Crippen molar-refractivity contribution in [3.8, 4) is 11.5 Å². The standard InChI is InChI=1S/C13H15ClO6S/c1-3-17-12(15)10-8-9(20-7(5-14)6-19-8)11(21-10)13(16)18-4-2/h7H,3-6H2,1-2H3. The van der Waals surface area contributed by atoms with E-state index in [0.717, 1.165) is 11.3 Å². The molecule has 1 aromatic heterocycles. The molecule has 0 N–H and O–H groups in total. The van der Waals surface area contributed by atoms with Crippen LogP contribution in [0.2, 0.25) is 0 Å². The lowest BCUT2D eigenvalue weighted by molar-refractivity contribution is 0.0493. The fourth-order valence-corrected chi connectivity index (χ4v) is 2.87. The van der Waals surface area contributed by atoms with Crippen LogP contribution in [0.3, 0.4) is 0 Å². The van der Waals surface area contributed by atoms with E-state index in [9.17, 15) is 9.59 Å². The van der Waals surface area contributed by atoms with Gasteiger partial charge in [0.25, 0.3) is 0 Å². The Hall–Kier alpha value is -1.47. The third kappa shape index (κ3) is 3.24. The van der Waals surface area contributed by atoms with Gasteiger partial charge in [-0.05, 0) is 13.8 Å². The highest BCUT2D eigenvalue weighted by atomic mass is 35.5. The van der Waals surface area contributed by atoms with Gasteiger partial charge < -0.3 is 18.9 Å². The second-order valence-corrected chi connectivity index (χ2v) is 5.39. The van der Waals surface area contributed by atoms with Gasteiger partial charge in [-0.2, -0.15) is 0 Å². The Bertz CT molecular complexity index is 541. The summed E-state index contributed by atoms with van der Waals surface area (Å²) in [6, 6.07) is 0. The Morgan fingerprint density at radius 2 is 1.76 bits per heavy atom. The zero-order chi connectivity index (χ0) is 15.4. The van der Waals surface area contributed by atoms with Crippen molar-refractivity contribution in [1.82, 2.24) is 0 Å². The van der Waals surface area contributed by atoms with Gasteiger partial charge in [0.2, 0.25) is 0 Å². The van der Waals surface area contributed by atoms with Crippen molar-refractivity contribution in [2.75, 3.05) is 25.7 Å². The van der Waals surface area contributed by atoms with E-state index in [1.165, 1.54) is 0 Å². The van der Waals surface area contributed by atoms with Crippen LogP contribution in [-0.2, 0) is 9.47 Å². The average molecular weight is 335 g/mol. The molecule has 0 radical (unpaired) electrons. The molecule has 1 atom stereocenters. The zero-order valence-corrected chi connectivity index (χ0v) is 13.2. The number of alkyl halides is 1. The monoisotopic (exact) mass is 334 g/mol. The lowest BCUT2D eigenvalue weighted by atomic mass is 10.3. The molecule has 8 heteroatoms. The van der Waals surface area contributed by atoms with Crippen LogP contribution in [0.4, 0.5) is 0 Å². The molecular weight excluding hydrogens is 320 g/mol. The smallest absolute Gasteiger partial charge is 0.352 e. The van der Waals surface area contributed by atoms with Crippen molar-refractivity contribution in [2.24, 2.45) is 0 Å². The van der Waals surface area contributed by atoms with E-state index >= 15 is 0 Å². The quantitative estimate of drug-likeness (QED) is 0.608. The summed E-state index contributed by atoms with van der Waals surface area (Å²) in [6.07, 6.45) is -0.378. The Kier molecular flexibility index (Phi) is 5.30. The van der Waals surface area contributed by atoms with Gasteiger partial charge in [0.05, 0.1) is 19.1 Å². The second kappa shape index (κ2) is 7.00. The first kappa shape index (κ1) is 15.9. The van der Waals surface area contributed by atoms with Crippen LogP contribution >= 0.6 is 22.9 Å². The maximum absolute atomic E-state index is 12.0.